The molecule has 0 fully saturated rings. The number of ether oxygens (including phenoxy) is 1. The van der Waals surface area contributed by atoms with Crippen LogP contribution in [0.5, 0.6) is 5.75 Å². The van der Waals surface area contributed by atoms with Gasteiger partial charge in [0, 0.05) is 23.1 Å². The minimum Gasteiger partial charge on any atom is -0.488 e. The summed E-state index contributed by atoms with van der Waals surface area (Å²) in [6.45, 7) is 2.67. The van der Waals surface area contributed by atoms with Crippen LogP contribution in [0.1, 0.15) is 22.3 Å². The Bertz CT molecular complexity index is 1210. The molecule has 0 bridgehead atoms. The predicted molar refractivity (Wildman–Crippen MR) is 116 cm³/mol. The van der Waals surface area contributed by atoms with Crippen LogP contribution in [0.25, 0.3) is 22.1 Å². The summed E-state index contributed by atoms with van der Waals surface area (Å²) in [7, 11) is 0. The highest BCUT2D eigenvalue weighted by Gasteiger charge is 2.13. The second kappa shape index (κ2) is 8.43. The van der Waals surface area contributed by atoms with Crippen molar-refractivity contribution in [1.29, 1.82) is 0 Å². The first-order chi connectivity index (χ1) is 14.5. The van der Waals surface area contributed by atoms with E-state index in [9.17, 15) is 9.90 Å². The number of aliphatic carboxylic acids is 1. The van der Waals surface area contributed by atoms with Gasteiger partial charge in [0.05, 0.1) is 12.7 Å². The van der Waals surface area contributed by atoms with Gasteiger partial charge in [-0.2, -0.15) is 0 Å². The summed E-state index contributed by atoms with van der Waals surface area (Å²) in [5.74, 6) is -0.300. The van der Waals surface area contributed by atoms with Crippen LogP contribution in [0.15, 0.2) is 71.3 Å². The van der Waals surface area contributed by atoms with E-state index >= 15 is 0 Å². The molecule has 0 radical (unpaired) electrons. The molecule has 4 aromatic rings. The van der Waals surface area contributed by atoms with E-state index in [0.717, 1.165) is 38.8 Å². The molecule has 1 heterocycles. The summed E-state index contributed by atoms with van der Waals surface area (Å²) in [6.07, 6.45) is 1.62. The van der Waals surface area contributed by atoms with Gasteiger partial charge < -0.3 is 20.0 Å². The molecule has 0 aliphatic rings. The molecule has 1 aromatic heterocycles. The molecule has 0 unspecified atom stereocenters. The lowest BCUT2D eigenvalue weighted by molar-refractivity contribution is -0.136. The van der Waals surface area contributed by atoms with Gasteiger partial charge in [-0.3, -0.25) is 4.79 Å². The van der Waals surface area contributed by atoms with Crippen molar-refractivity contribution >= 4 is 16.9 Å². The quantitative estimate of drug-likeness (QED) is 0.451. The second-order valence-electron chi connectivity index (χ2n) is 7.29. The zero-order valence-corrected chi connectivity index (χ0v) is 16.7. The monoisotopic (exact) mass is 401 g/mol. The van der Waals surface area contributed by atoms with Gasteiger partial charge in [-0.1, -0.05) is 36.4 Å². The molecule has 0 atom stereocenters. The van der Waals surface area contributed by atoms with Crippen molar-refractivity contribution < 1.29 is 19.1 Å². The van der Waals surface area contributed by atoms with Gasteiger partial charge in [-0.25, -0.2) is 0 Å². The van der Waals surface area contributed by atoms with Gasteiger partial charge >= 0.3 is 5.97 Å². The fraction of sp³-hybridized carbons (Fsp3) is 0.160. The Morgan fingerprint density at radius 3 is 2.67 bits per heavy atom. The molecule has 3 N–H and O–H groups in total. The first kappa shape index (κ1) is 19.7. The van der Waals surface area contributed by atoms with Crippen molar-refractivity contribution in [2.24, 2.45) is 5.73 Å². The number of furan rings is 1. The van der Waals surface area contributed by atoms with Crippen molar-refractivity contribution in [1.82, 2.24) is 0 Å². The number of aryl methyl sites for hydroxylation is 1. The van der Waals surface area contributed by atoms with Crippen LogP contribution in [0.4, 0.5) is 0 Å². The van der Waals surface area contributed by atoms with E-state index in [-0.39, 0.29) is 13.0 Å². The highest BCUT2D eigenvalue weighted by Crippen LogP contribution is 2.30. The summed E-state index contributed by atoms with van der Waals surface area (Å²) in [4.78, 5) is 11.2. The van der Waals surface area contributed by atoms with Crippen molar-refractivity contribution in [3.8, 4) is 16.9 Å². The number of nitrogens with two attached hydrogens (primary N) is 1. The molecular weight excluding hydrogens is 378 g/mol. The molecule has 30 heavy (non-hydrogen) atoms. The maximum atomic E-state index is 11.2. The lowest BCUT2D eigenvalue weighted by atomic mass is 10.0. The highest BCUT2D eigenvalue weighted by atomic mass is 16.5. The third-order valence-corrected chi connectivity index (χ3v) is 5.23. The number of carboxylic acids is 1. The summed E-state index contributed by atoms with van der Waals surface area (Å²) < 4.78 is 11.7. The number of hydrogen-bond donors (Lipinski definition) is 2. The number of rotatable bonds is 7. The Morgan fingerprint density at radius 2 is 1.87 bits per heavy atom. The molecule has 152 valence electrons. The van der Waals surface area contributed by atoms with Crippen molar-refractivity contribution in [3.05, 3.63) is 89.2 Å². The maximum Gasteiger partial charge on any atom is 0.307 e. The molecule has 0 aliphatic carbocycles. The lowest BCUT2D eigenvalue weighted by Gasteiger charge is -2.12. The molecule has 0 spiro atoms. The molecule has 0 saturated heterocycles. The largest absolute Gasteiger partial charge is 0.488 e. The third-order valence-electron chi connectivity index (χ3n) is 5.23. The van der Waals surface area contributed by atoms with Gasteiger partial charge in [0.15, 0.2) is 0 Å². The lowest BCUT2D eigenvalue weighted by Crippen LogP contribution is -2.06. The van der Waals surface area contributed by atoms with E-state index < -0.39 is 5.97 Å². The molecule has 4 rings (SSSR count). The summed E-state index contributed by atoms with van der Waals surface area (Å²) >= 11 is 0. The second-order valence-corrected chi connectivity index (χ2v) is 7.29. The van der Waals surface area contributed by atoms with Crippen LogP contribution < -0.4 is 10.5 Å². The predicted octanol–water partition coefficient (Wildman–Crippen LogP) is 5.07. The van der Waals surface area contributed by atoms with Gasteiger partial charge in [0.1, 0.15) is 17.9 Å². The standard InChI is InChI=1S/C25H23NO4/c1-16-4-2-7-23(21(16)12-25(27)28)29-14-20-15-30-24-9-8-19(11-22(20)24)18-6-3-5-17(10-18)13-26/h2-11,15H,12-14,26H2,1H3,(H,27,28). The average molecular weight is 401 g/mol. The van der Waals surface area contributed by atoms with Crippen LogP contribution in [-0.2, 0) is 24.4 Å². The zero-order chi connectivity index (χ0) is 21.1. The van der Waals surface area contributed by atoms with Gasteiger partial charge in [0.25, 0.3) is 0 Å². The van der Waals surface area contributed by atoms with E-state index in [1.807, 2.05) is 43.3 Å². The Kier molecular flexibility index (Phi) is 5.55. The number of fused-ring (bicyclic) bond motifs is 1. The smallest absolute Gasteiger partial charge is 0.307 e. The fourth-order valence-corrected chi connectivity index (χ4v) is 3.59. The SMILES string of the molecule is Cc1cccc(OCc2coc3ccc(-c4cccc(CN)c4)cc23)c1CC(=O)O. The van der Waals surface area contributed by atoms with Crippen molar-refractivity contribution in [2.45, 2.75) is 26.5 Å². The Labute approximate surface area is 174 Å². The van der Waals surface area contributed by atoms with Crippen LogP contribution >= 0.6 is 0 Å². The molecule has 0 aliphatic heterocycles. The first-order valence-electron chi connectivity index (χ1n) is 9.77. The molecule has 5 heteroatoms. The van der Waals surface area contributed by atoms with Crippen molar-refractivity contribution in [2.75, 3.05) is 0 Å². The summed E-state index contributed by atoms with van der Waals surface area (Å²) in [5, 5.41) is 10.2. The molecule has 0 amide bonds. The highest BCUT2D eigenvalue weighted by molar-refractivity contribution is 5.86. The van der Waals surface area contributed by atoms with Gasteiger partial charge in [-0.15, -0.1) is 0 Å². The van der Waals surface area contributed by atoms with Crippen LogP contribution in [0.2, 0.25) is 0 Å². The van der Waals surface area contributed by atoms with Crippen LogP contribution in [-0.4, -0.2) is 11.1 Å². The topological polar surface area (TPSA) is 85.7 Å². The maximum absolute atomic E-state index is 11.2. The van der Waals surface area contributed by atoms with Gasteiger partial charge in [0.2, 0.25) is 0 Å². The minimum absolute atomic E-state index is 0.0736. The summed E-state index contributed by atoms with van der Waals surface area (Å²) in [6, 6.07) is 19.8. The summed E-state index contributed by atoms with van der Waals surface area (Å²) in [5.41, 5.74) is 12.3. The fourth-order valence-electron chi connectivity index (χ4n) is 3.59. The number of carbonyl (C=O) groups is 1. The Morgan fingerprint density at radius 1 is 1.07 bits per heavy atom. The van der Waals surface area contributed by atoms with E-state index in [0.29, 0.717) is 17.9 Å². The van der Waals surface area contributed by atoms with Gasteiger partial charge in [-0.05, 0) is 53.4 Å². The number of carboxylic acid groups (broad SMARTS) is 1. The molecular formula is C25H23NO4. The van der Waals surface area contributed by atoms with E-state index in [1.54, 1.807) is 12.3 Å². The molecule has 3 aromatic carbocycles. The third kappa shape index (κ3) is 4.07. The van der Waals surface area contributed by atoms with Crippen LogP contribution in [0.3, 0.4) is 0 Å². The van der Waals surface area contributed by atoms with Crippen molar-refractivity contribution in [3.63, 3.8) is 0 Å². The normalized spacial score (nSPS) is 11.0. The Balaban J connectivity index is 1.63. The Hall–Kier alpha value is -3.57. The average Bonchev–Trinajstić information content (AvgIpc) is 3.16. The van der Waals surface area contributed by atoms with Crippen LogP contribution in [0, 0.1) is 6.92 Å². The van der Waals surface area contributed by atoms with E-state index in [2.05, 4.69) is 18.2 Å². The van der Waals surface area contributed by atoms with E-state index in [1.165, 1.54) is 0 Å². The molecule has 0 saturated carbocycles. The van der Waals surface area contributed by atoms with E-state index in [4.69, 9.17) is 14.9 Å². The zero-order valence-electron chi connectivity index (χ0n) is 16.7. The minimum atomic E-state index is -0.882. The molecule has 5 nitrogen and oxygen atoms in total. The number of hydrogen-bond acceptors (Lipinski definition) is 4. The first-order valence-corrected chi connectivity index (χ1v) is 9.77. The number of benzene rings is 3.